The lowest BCUT2D eigenvalue weighted by Gasteiger charge is -2.19. The van der Waals surface area contributed by atoms with Crippen LogP contribution in [-0.4, -0.2) is 30.0 Å². The molecule has 0 spiro atoms. The Bertz CT molecular complexity index is 492. The van der Waals surface area contributed by atoms with Crippen molar-refractivity contribution in [2.75, 3.05) is 7.11 Å². The molecule has 2 bridgehead atoms. The highest BCUT2D eigenvalue weighted by molar-refractivity contribution is 5.99. The molecule has 4 nitrogen and oxygen atoms in total. The van der Waals surface area contributed by atoms with Gasteiger partial charge in [0.05, 0.1) is 12.7 Å². The van der Waals surface area contributed by atoms with Gasteiger partial charge in [-0.25, -0.2) is 9.37 Å². The van der Waals surface area contributed by atoms with Gasteiger partial charge in [-0.15, -0.1) is 0 Å². The summed E-state index contributed by atoms with van der Waals surface area (Å²) in [5.41, 5.74) is 0.0983. The third-order valence-electron chi connectivity index (χ3n) is 3.95. The number of rotatable bonds is 3. The maximum absolute atomic E-state index is 14.0. The van der Waals surface area contributed by atoms with Crippen LogP contribution in [0.2, 0.25) is 0 Å². The van der Waals surface area contributed by atoms with Crippen molar-refractivity contribution in [2.45, 2.75) is 31.3 Å². The molecular formula is C13H15FN2O2. The zero-order valence-electron chi connectivity index (χ0n) is 10.1. The van der Waals surface area contributed by atoms with Gasteiger partial charge in [0.15, 0.2) is 11.6 Å². The summed E-state index contributed by atoms with van der Waals surface area (Å²) in [6.07, 6.45) is 4.35. The van der Waals surface area contributed by atoms with Gasteiger partial charge in [-0.1, -0.05) is 0 Å². The minimum absolute atomic E-state index is 0.0983. The molecule has 2 aliphatic heterocycles. The van der Waals surface area contributed by atoms with E-state index in [0.717, 1.165) is 19.3 Å². The van der Waals surface area contributed by atoms with Gasteiger partial charge in [-0.3, -0.25) is 4.79 Å². The molecule has 96 valence electrons. The number of hydrogen-bond acceptors (Lipinski definition) is 4. The fourth-order valence-corrected chi connectivity index (χ4v) is 3.07. The van der Waals surface area contributed by atoms with Crippen molar-refractivity contribution in [1.82, 2.24) is 10.3 Å². The number of ketones is 1. The third-order valence-corrected chi connectivity index (χ3v) is 3.95. The van der Waals surface area contributed by atoms with E-state index >= 15 is 0 Å². The molecule has 3 heterocycles. The zero-order chi connectivity index (χ0) is 12.7. The molecule has 1 aromatic rings. The largest absolute Gasteiger partial charge is 0.479 e. The summed E-state index contributed by atoms with van der Waals surface area (Å²) in [6.45, 7) is 0. The number of nitrogens with one attached hydrogen (secondary N) is 1. The van der Waals surface area contributed by atoms with Crippen LogP contribution in [0.25, 0.3) is 0 Å². The maximum Gasteiger partial charge on any atom is 0.250 e. The number of pyridine rings is 1. The first kappa shape index (κ1) is 11.6. The Kier molecular flexibility index (Phi) is 2.78. The monoisotopic (exact) mass is 250 g/mol. The quantitative estimate of drug-likeness (QED) is 0.827. The minimum atomic E-state index is -0.646. The average Bonchev–Trinajstić information content (AvgIpc) is 3.00. The molecule has 2 saturated heterocycles. The van der Waals surface area contributed by atoms with E-state index in [1.165, 1.54) is 19.4 Å². The summed E-state index contributed by atoms with van der Waals surface area (Å²) in [4.78, 5) is 16.1. The Hall–Kier alpha value is -1.49. The van der Waals surface area contributed by atoms with E-state index < -0.39 is 5.82 Å². The lowest BCUT2D eigenvalue weighted by Crippen LogP contribution is -2.29. The molecule has 0 radical (unpaired) electrons. The van der Waals surface area contributed by atoms with Gasteiger partial charge in [0.1, 0.15) is 0 Å². The van der Waals surface area contributed by atoms with E-state index in [0.29, 0.717) is 6.04 Å². The lowest BCUT2D eigenvalue weighted by atomic mass is 9.84. The second kappa shape index (κ2) is 4.31. The maximum atomic E-state index is 14.0. The number of fused-ring (bicyclic) bond motifs is 2. The molecule has 0 aromatic carbocycles. The van der Waals surface area contributed by atoms with Crippen molar-refractivity contribution in [3.8, 4) is 5.88 Å². The van der Waals surface area contributed by atoms with Crippen LogP contribution in [-0.2, 0) is 0 Å². The van der Waals surface area contributed by atoms with Gasteiger partial charge in [0.2, 0.25) is 0 Å². The van der Waals surface area contributed by atoms with E-state index in [9.17, 15) is 9.18 Å². The minimum Gasteiger partial charge on any atom is -0.479 e. The Balaban J connectivity index is 1.89. The van der Waals surface area contributed by atoms with Crippen LogP contribution < -0.4 is 10.1 Å². The number of Topliss-reactive ketones (excluding diaryl/α,β-unsaturated/α-hetero) is 1. The Morgan fingerprint density at radius 2 is 2.39 bits per heavy atom. The van der Waals surface area contributed by atoms with E-state index in [1.807, 2.05) is 0 Å². The molecule has 3 atom stereocenters. The molecule has 18 heavy (non-hydrogen) atoms. The van der Waals surface area contributed by atoms with E-state index in [-0.39, 0.29) is 29.2 Å². The van der Waals surface area contributed by atoms with Crippen LogP contribution >= 0.6 is 0 Å². The summed E-state index contributed by atoms with van der Waals surface area (Å²) in [5.74, 6) is -0.997. The highest BCUT2D eigenvalue weighted by Crippen LogP contribution is 2.36. The van der Waals surface area contributed by atoms with Crippen LogP contribution in [0.15, 0.2) is 12.3 Å². The predicted molar refractivity (Wildman–Crippen MR) is 63.1 cm³/mol. The predicted octanol–water partition coefficient (Wildman–Crippen LogP) is 1.55. The van der Waals surface area contributed by atoms with Gasteiger partial charge >= 0.3 is 0 Å². The average molecular weight is 250 g/mol. The standard InChI is InChI=1S/C13H15FN2O2/c1-18-13-11(14)8(4-5-15-13)12(17)9-6-7-2-3-10(9)16-7/h4-5,7,9-10,16H,2-3,6H2,1H3. The number of halogens is 1. The van der Waals surface area contributed by atoms with Crippen molar-refractivity contribution in [3.63, 3.8) is 0 Å². The van der Waals surface area contributed by atoms with E-state index in [4.69, 9.17) is 4.74 Å². The van der Waals surface area contributed by atoms with Crippen LogP contribution in [0.4, 0.5) is 4.39 Å². The van der Waals surface area contributed by atoms with Gasteiger partial charge < -0.3 is 10.1 Å². The highest BCUT2D eigenvalue weighted by Gasteiger charge is 2.43. The number of methoxy groups -OCH3 is 1. The topological polar surface area (TPSA) is 51.2 Å². The first-order valence-electron chi connectivity index (χ1n) is 6.19. The van der Waals surface area contributed by atoms with Crippen LogP contribution in [0.3, 0.4) is 0 Å². The van der Waals surface area contributed by atoms with Crippen molar-refractivity contribution >= 4 is 5.78 Å². The summed E-state index contributed by atoms with van der Waals surface area (Å²) in [7, 11) is 1.35. The SMILES string of the molecule is COc1nccc(C(=O)C2CC3CCC2N3)c1F. The molecule has 0 amide bonds. The van der Waals surface area contributed by atoms with E-state index in [2.05, 4.69) is 10.3 Å². The van der Waals surface area contributed by atoms with Crippen molar-refractivity contribution in [2.24, 2.45) is 5.92 Å². The Morgan fingerprint density at radius 3 is 3.00 bits per heavy atom. The number of aromatic nitrogens is 1. The van der Waals surface area contributed by atoms with Crippen LogP contribution in [0.5, 0.6) is 5.88 Å². The van der Waals surface area contributed by atoms with Crippen LogP contribution in [0, 0.1) is 11.7 Å². The first-order valence-corrected chi connectivity index (χ1v) is 6.19. The number of hydrogen-bond donors (Lipinski definition) is 1. The highest BCUT2D eigenvalue weighted by atomic mass is 19.1. The number of nitrogens with zero attached hydrogens (tertiary/aromatic N) is 1. The lowest BCUT2D eigenvalue weighted by molar-refractivity contribution is 0.0895. The number of ether oxygens (including phenoxy) is 1. The molecule has 0 aliphatic carbocycles. The van der Waals surface area contributed by atoms with Crippen LogP contribution in [0.1, 0.15) is 29.6 Å². The normalized spacial score (nSPS) is 29.6. The van der Waals surface area contributed by atoms with Gasteiger partial charge in [-0.2, -0.15) is 0 Å². The second-order valence-corrected chi connectivity index (χ2v) is 4.94. The Morgan fingerprint density at radius 1 is 1.56 bits per heavy atom. The smallest absolute Gasteiger partial charge is 0.250 e. The summed E-state index contributed by atoms with van der Waals surface area (Å²) >= 11 is 0. The molecule has 1 aromatic heterocycles. The second-order valence-electron chi connectivity index (χ2n) is 4.94. The molecule has 3 rings (SSSR count). The molecule has 0 saturated carbocycles. The molecule has 3 unspecified atom stereocenters. The molecule has 1 N–H and O–H groups in total. The zero-order valence-corrected chi connectivity index (χ0v) is 10.1. The molecule has 2 fully saturated rings. The van der Waals surface area contributed by atoms with Gasteiger partial charge in [-0.05, 0) is 25.3 Å². The number of carbonyl (C=O) groups excluding carboxylic acids is 1. The van der Waals surface area contributed by atoms with Gasteiger partial charge in [0.25, 0.3) is 5.88 Å². The molecule has 2 aliphatic rings. The molecular weight excluding hydrogens is 235 g/mol. The van der Waals surface area contributed by atoms with Gasteiger partial charge in [0, 0.05) is 24.2 Å². The molecule has 5 heteroatoms. The summed E-state index contributed by atoms with van der Waals surface area (Å²) in [5, 5.41) is 3.39. The Labute approximate surface area is 105 Å². The van der Waals surface area contributed by atoms with Crippen molar-refractivity contribution < 1.29 is 13.9 Å². The fraction of sp³-hybridized carbons (Fsp3) is 0.538. The van der Waals surface area contributed by atoms with Crippen molar-refractivity contribution in [3.05, 3.63) is 23.6 Å². The summed E-state index contributed by atoms with van der Waals surface area (Å²) in [6, 6.07) is 2.07. The first-order chi connectivity index (χ1) is 8.70. The van der Waals surface area contributed by atoms with E-state index in [1.54, 1.807) is 0 Å². The fourth-order valence-electron chi connectivity index (χ4n) is 3.07. The van der Waals surface area contributed by atoms with Crippen molar-refractivity contribution in [1.29, 1.82) is 0 Å². The number of carbonyl (C=O) groups is 1. The summed E-state index contributed by atoms with van der Waals surface area (Å²) < 4.78 is 18.8. The third kappa shape index (κ3) is 1.70.